The highest BCUT2D eigenvalue weighted by atomic mass is 127. The molecule has 2 N–H and O–H groups in total. The molecule has 1 aromatic heterocycles. The van der Waals surface area contributed by atoms with Crippen LogP contribution >= 0.6 is 35.6 Å². The third kappa shape index (κ3) is 7.89. The number of guanidine groups is 1. The summed E-state index contributed by atoms with van der Waals surface area (Å²) >= 11 is 6.03. The van der Waals surface area contributed by atoms with Crippen LogP contribution in [0.15, 0.2) is 33.8 Å². The number of aromatic nitrogens is 2. The van der Waals surface area contributed by atoms with Crippen LogP contribution in [0.1, 0.15) is 19.7 Å². The van der Waals surface area contributed by atoms with Gasteiger partial charge in [-0.05, 0) is 26.0 Å². The molecule has 0 bridgehead atoms. The van der Waals surface area contributed by atoms with E-state index >= 15 is 0 Å². The molecule has 32 heavy (non-hydrogen) atoms. The Bertz CT molecular complexity index is 898. The molecule has 0 aliphatic carbocycles. The van der Waals surface area contributed by atoms with Gasteiger partial charge in [-0.25, -0.2) is 0 Å². The highest BCUT2D eigenvalue weighted by Crippen LogP contribution is 2.19. The lowest BCUT2D eigenvalue weighted by molar-refractivity contribution is -0.123. The zero-order chi connectivity index (χ0) is 22.2. The molecule has 0 atom stereocenters. The largest absolute Gasteiger partial charge is 0.356 e. The average molecular weight is 576 g/mol. The summed E-state index contributed by atoms with van der Waals surface area (Å²) in [6.45, 7) is 8.26. The zero-order valence-electron chi connectivity index (χ0n) is 18.7. The number of carbonyl (C=O) groups is 1. The van der Waals surface area contributed by atoms with Crippen molar-refractivity contribution in [2.24, 2.45) is 4.99 Å². The van der Waals surface area contributed by atoms with Gasteiger partial charge in [0.05, 0.1) is 6.54 Å². The van der Waals surface area contributed by atoms with Crippen molar-refractivity contribution in [2.45, 2.75) is 26.3 Å². The lowest BCUT2D eigenvalue weighted by atomic mass is 10.2. The van der Waals surface area contributed by atoms with Gasteiger partial charge in [-0.1, -0.05) is 28.9 Å². The van der Waals surface area contributed by atoms with Gasteiger partial charge in [-0.3, -0.25) is 14.7 Å². The normalized spacial score (nSPS) is 14.9. The minimum atomic E-state index is 0. The van der Waals surface area contributed by atoms with Crippen molar-refractivity contribution in [3.05, 3.63) is 35.2 Å². The summed E-state index contributed by atoms with van der Waals surface area (Å²) in [5, 5.41) is 11.0. The fourth-order valence-electron chi connectivity index (χ4n) is 3.40. The second-order valence-electron chi connectivity index (χ2n) is 7.73. The predicted octanol–water partition coefficient (Wildman–Crippen LogP) is 2.27. The van der Waals surface area contributed by atoms with Gasteiger partial charge >= 0.3 is 0 Å². The number of hydrogen-bond acceptors (Lipinski definition) is 6. The predicted molar refractivity (Wildman–Crippen MR) is 137 cm³/mol. The third-order valence-electron chi connectivity index (χ3n) is 4.87. The standard InChI is InChI=1S/C21H30ClN7O2.HI/c1-15(2)25-18(30)14-28-9-11-29(12-10-28)21(23-3)24-8-7-19-26-20(27-31-19)16-5-4-6-17(22)13-16;/h4-6,13,15H,7-12,14H2,1-3H3,(H,23,24)(H,25,30);1H. The number of nitrogens with zero attached hydrogens (tertiary/aromatic N) is 5. The molecule has 0 saturated carbocycles. The topological polar surface area (TPSA) is 98.9 Å². The molecule has 1 saturated heterocycles. The SMILES string of the molecule is CN=C(NCCc1nc(-c2cccc(Cl)c2)no1)N1CCN(CC(=O)NC(C)C)CC1.I. The number of aliphatic imine (C=N–C) groups is 1. The Kier molecular flexibility index (Phi) is 10.7. The number of carbonyl (C=O) groups excluding carboxylic acids is 1. The van der Waals surface area contributed by atoms with Crippen molar-refractivity contribution in [1.82, 2.24) is 30.6 Å². The molecule has 1 amide bonds. The third-order valence-corrected chi connectivity index (χ3v) is 5.11. The fourth-order valence-corrected chi connectivity index (χ4v) is 3.59. The first-order valence-electron chi connectivity index (χ1n) is 10.5. The van der Waals surface area contributed by atoms with Crippen molar-refractivity contribution in [3.63, 3.8) is 0 Å². The molecule has 9 nitrogen and oxygen atoms in total. The smallest absolute Gasteiger partial charge is 0.234 e. The van der Waals surface area contributed by atoms with Crippen LogP contribution < -0.4 is 10.6 Å². The second-order valence-corrected chi connectivity index (χ2v) is 8.17. The van der Waals surface area contributed by atoms with Gasteiger partial charge < -0.3 is 20.1 Å². The maximum absolute atomic E-state index is 11.9. The summed E-state index contributed by atoms with van der Waals surface area (Å²) < 4.78 is 5.36. The first-order chi connectivity index (χ1) is 14.9. The minimum absolute atomic E-state index is 0. The van der Waals surface area contributed by atoms with Gasteiger partial charge in [-0.2, -0.15) is 4.98 Å². The van der Waals surface area contributed by atoms with Gasteiger partial charge in [0.1, 0.15) is 0 Å². The molecule has 0 radical (unpaired) electrons. The summed E-state index contributed by atoms with van der Waals surface area (Å²) in [7, 11) is 1.77. The lowest BCUT2D eigenvalue weighted by Gasteiger charge is -2.36. The number of rotatable bonds is 7. The number of piperazine rings is 1. The quantitative estimate of drug-likeness (QED) is 0.297. The van der Waals surface area contributed by atoms with Crippen LogP contribution in [0.2, 0.25) is 5.02 Å². The van der Waals surface area contributed by atoms with E-state index in [4.69, 9.17) is 16.1 Å². The highest BCUT2D eigenvalue weighted by molar-refractivity contribution is 14.0. The van der Waals surface area contributed by atoms with Gasteiger partial charge in [0, 0.05) is 62.8 Å². The highest BCUT2D eigenvalue weighted by Gasteiger charge is 2.21. The van der Waals surface area contributed by atoms with Crippen molar-refractivity contribution in [1.29, 1.82) is 0 Å². The van der Waals surface area contributed by atoms with Crippen molar-refractivity contribution in [2.75, 3.05) is 46.3 Å². The van der Waals surface area contributed by atoms with Crippen LogP contribution in [0.5, 0.6) is 0 Å². The summed E-state index contributed by atoms with van der Waals surface area (Å²) in [4.78, 5) is 25.1. The molecular formula is C21H31ClIN7O2. The van der Waals surface area contributed by atoms with Crippen LogP contribution in [-0.4, -0.2) is 84.2 Å². The second kappa shape index (κ2) is 12.9. The Balaban J connectivity index is 0.00000363. The first-order valence-corrected chi connectivity index (χ1v) is 10.9. The van der Waals surface area contributed by atoms with E-state index in [1.54, 1.807) is 7.05 Å². The molecule has 2 heterocycles. The molecular weight excluding hydrogens is 545 g/mol. The van der Waals surface area contributed by atoms with Crippen molar-refractivity contribution in [3.8, 4) is 11.4 Å². The Hall–Kier alpha value is -1.92. The van der Waals surface area contributed by atoms with E-state index < -0.39 is 0 Å². The van der Waals surface area contributed by atoms with Gasteiger partial charge in [0.2, 0.25) is 17.6 Å². The maximum atomic E-state index is 11.9. The molecule has 1 fully saturated rings. The van der Waals surface area contributed by atoms with E-state index in [0.29, 0.717) is 36.2 Å². The Morgan fingerprint density at radius 2 is 2.03 bits per heavy atom. The molecule has 2 aromatic rings. The molecule has 0 spiro atoms. The monoisotopic (exact) mass is 575 g/mol. The van der Waals surface area contributed by atoms with E-state index in [-0.39, 0.29) is 35.9 Å². The number of benzene rings is 1. The van der Waals surface area contributed by atoms with Crippen LogP contribution in [0, 0.1) is 0 Å². The first kappa shape index (κ1) is 26.3. The molecule has 1 aliphatic heterocycles. The van der Waals surface area contributed by atoms with Crippen LogP contribution in [0.3, 0.4) is 0 Å². The number of halogens is 2. The lowest BCUT2D eigenvalue weighted by Crippen LogP contribution is -2.54. The Morgan fingerprint density at radius 3 is 2.69 bits per heavy atom. The summed E-state index contributed by atoms with van der Waals surface area (Å²) in [6.07, 6.45) is 0.585. The Labute approximate surface area is 211 Å². The number of nitrogens with one attached hydrogen (secondary N) is 2. The molecule has 1 aromatic carbocycles. The van der Waals surface area contributed by atoms with Crippen LogP contribution in [-0.2, 0) is 11.2 Å². The maximum Gasteiger partial charge on any atom is 0.234 e. The zero-order valence-corrected chi connectivity index (χ0v) is 21.8. The van der Waals surface area contributed by atoms with E-state index in [0.717, 1.165) is 37.7 Å². The van der Waals surface area contributed by atoms with E-state index in [9.17, 15) is 4.79 Å². The Morgan fingerprint density at radius 1 is 1.28 bits per heavy atom. The number of hydrogen-bond donors (Lipinski definition) is 2. The van der Waals surface area contributed by atoms with Gasteiger partial charge in [-0.15, -0.1) is 24.0 Å². The van der Waals surface area contributed by atoms with E-state index in [2.05, 4.69) is 35.6 Å². The van der Waals surface area contributed by atoms with Gasteiger partial charge in [0.15, 0.2) is 5.96 Å². The molecule has 11 heteroatoms. The van der Waals surface area contributed by atoms with E-state index in [1.807, 2.05) is 38.1 Å². The fraction of sp³-hybridized carbons (Fsp3) is 0.524. The molecule has 3 rings (SSSR count). The summed E-state index contributed by atoms with van der Waals surface area (Å²) in [5.74, 6) is 1.99. The molecule has 176 valence electrons. The summed E-state index contributed by atoms with van der Waals surface area (Å²) in [6, 6.07) is 7.53. The van der Waals surface area contributed by atoms with Crippen LogP contribution in [0.4, 0.5) is 0 Å². The van der Waals surface area contributed by atoms with Gasteiger partial charge in [0.25, 0.3) is 0 Å². The van der Waals surface area contributed by atoms with E-state index in [1.165, 1.54) is 0 Å². The minimum Gasteiger partial charge on any atom is -0.356 e. The molecule has 1 aliphatic rings. The molecule has 0 unspecified atom stereocenters. The van der Waals surface area contributed by atoms with Crippen molar-refractivity contribution >= 4 is 47.4 Å². The van der Waals surface area contributed by atoms with Crippen LogP contribution in [0.25, 0.3) is 11.4 Å². The number of amides is 1. The summed E-state index contributed by atoms with van der Waals surface area (Å²) in [5.41, 5.74) is 0.825. The van der Waals surface area contributed by atoms with Crippen molar-refractivity contribution < 1.29 is 9.32 Å². The average Bonchev–Trinajstić information content (AvgIpc) is 3.20.